The van der Waals surface area contributed by atoms with E-state index in [1.54, 1.807) is 0 Å². The fourth-order valence-corrected chi connectivity index (χ4v) is 3.43. The molecule has 3 unspecified atom stereocenters. The van der Waals surface area contributed by atoms with Crippen LogP contribution in [0.1, 0.15) is 38.7 Å². The Morgan fingerprint density at radius 1 is 1.33 bits per heavy atom. The summed E-state index contributed by atoms with van der Waals surface area (Å²) in [6.07, 6.45) is 5.18. The Bertz CT molecular complexity index is 377. The maximum absolute atomic E-state index is 6.07. The number of rotatable bonds is 4. The van der Waals surface area contributed by atoms with Gasteiger partial charge in [0.1, 0.15) is 0 Å². The van der Waals surface area contributed by atoms with Gasteiger partial charge in [-0.1, -0.05) is 37.6 Å². The number of hydrogen-bond donors (Lipinski definition) is 1. The van der Waals surface area contributed by atoms with E-state index in [-0.39, 0.29) is 0 Å². The van der Waals surface area contributed by atoms with Crippen molar-refractivity contribution in [1.82, 2.24) is 5.32 Å². The van der Waals surface area contributed by atoms with Crippen molar-refractivity contribution in [3.05, 3.63) is 34.9 Å². The summed E-state index contributed by atoms with van der Waals surface area (Å²) in [5.74, 6) is 1.62. The first kappa shape index (κ1) is 13.9. The largest absolute Gasteiger partial charge is 0.314 e. The number of nitrogens with one attached hydrogen (secondary N) is 1. The van der Waals surface area contributed by atoms with E-state index in [0.717, 1.165) is 29.8 Å². The standard InChI is InChI=1S/C16H24ClN/c1-3-18-16-8-7-12(2)9-14(16)10-13-5-4-6-15(17)11-13/h4-6,11-12,14,16,18H,3,7-10H2,1-2H3. The lowest BCUT2D eigenvalue weighted by Crippen LogP contribution is -2.41. The first-order valence-corrected chi connectivity index (χ1v) is 7.54. The van der Waals surface area contributed by atoms with Crippen LogP contribution in [-0.4, -0.2) is 12.6 Å². The van der Waals surface area contributed by atoms with Crippen LogP contribution < -0.4 is 5.32 Å². The molecule has 0 heterocycles. The van der Waals surface area contributed by atoms with Gasteiger partial charge >= 0.3 is 0 Å². The Balaban J connectivity index is 2.03. The van der Waals surface area contributed by atoms with Gasteiger partial charge in [0.25, 0.3) is 0 Å². The maximum atomic E-state index is 6.07. The van der Waals surface area contributed by atoms with Crippen molar-refractivity contribution < 1.29 is 0 Å². The molecule has 0 saturated heterocycles. The van der Waals surface area contributed by atoms with Crippen LogP contribution in [0.2, 0.25) is 5.02 Å². The highest BCUT2D eigenvalue weighted by Crippen LogP contribution is 2.31. The highest BCUT2D eigenvalue weighted by molar-refractivity contribution is 6.30. The zero-order valence-electron chi connectivity index (χ0n) is 11.5. The van der Waals surface area contributed by atoms with Crippen molar-refractivity contribution >= 4 is 11.6 Å². The Labute approximate surface area is 116 Å². The van der Waals surface area contributed by atoms with Crippen molar-refractivity contribution in [2.24, 2.45) is 11.8 Å². The van der Waals surface area contributed by atoms with Crippen LogP contribution >= 0.6 is 11.6 Å². The lowest BCUT2D eigenvalue weighted by atomic mass is 9.76. The van der Waals surface area contributed by atoms with Crippen LogP contribution in [0.4, 0.5) is 0 Å². The second-order valence-corrected chi connectivity index (χ2v) is 6.11. The molecule has 1 fully saturated rings. The molecule has 1 nitrogen and oxygen atoms in total. The van der Waals surface area contributed by atoms with Gasteiger partial charge in [0.05, 0.1) is 0 Å². The van der Waals surface area contributed by atoms with E-state index in [0.29, 0.717) is 6.04 Å². The van der Waals surface area contributed by atoms with Gasteiger partial charge in [-0.15, -0.1) is 0 Å². The average molecular weight is 266 g/mol. The van der Waals surface area contributed by atoms with Gasteiger partial charge in [0.2, 0.25) is 0 Å². The molecule has 1 saturated carbocycles. The Hall–Kier alpha value is -0.530. The number of hydrogen-bond acceptors (Lipinski definition) is 1. The van der Waals surface area contributed by atoms with E-state index >= 15 is 0 Å². The van der Waals surface area contributed by atoms with E-state index < -0.39 is 0 Å². The van der Waals surface area contributed by atoms with E-state index in [1.165, 1.54) is 24.8 Å². The van der Waals surface area contributed by atoms with Crippen LogP contribution in [-0.2, 0) is 6.42 Å². The number of halogens is 1. The average Bonchev–Trinajstić information content (AvgIpc) is 2.33. The fourth-order valence-electron chi connectivity index (χ4n) is 3.22. The van der Waals surface area contributed by atoms with Gasteiger partial charge in [0.15, 0.2) is 0 Å². The topological polar surface area (TPSA) is 12.0 Å². The highest BCUT2D eigenvalue weighted by atomic mass is 35.5. The summed E-state index contributed by atoms with van der Waals surface area (Å²) in [5, 5.41) is 4.51. The molecule has 100 valence electrons. The Kier molecular flexibility index (Phi) is 5.08. The summed E-state index contributed by atoms with van der Waals surface area (Å²) in [7, 11) is 0. The molecule has 1 aliphatic carbocycles. The lowest BCUT2D eigenvalue weighted by Gasteiger charge is -2.35. The van der Waals surface area contributed by atoms with Gasteiger partial charge in [0, 0.05) is 11.1 Å². The van der Waals surface area contributed by atoms with Gasteiger partial charge in [-0.25, -0.2) is 0 Å². The summed E-state index contributed by atoms with van der Waals surface area (Å²) < 4.78 is 0. The van der Waals surface area contributed by atoms with E-state index in [4.69, 9.17) is 11.6 Å². The molecule has 1 aliphatic rings. The molecule has 0 radical (unpaired) electrons. The maximum Gasteiger partial charge on any atom is 0.0408 e. The minimum atomic E-state index is 0.685. The Morgan fingerprint density at radius 3 is 2.89 bits per heavy atom. The normalized spacial score (nSPS) is 28.3. The molecule has 2 heteroatoms. The second-order valence-electron chi connectivity index (χ2n) is 5.68. The molecule has 1 aromatic rings. The molecule has 0 aromatic heterocycles. The molecule has 0 bridgehead atoms. The third-order valence-corrected chi connectivity index (χ3v) is 4.33. The molecule has 2 rings (SSSR count). The third kappa shape index (κ3) is 3.73. The molecule has 0 amide bonds. The van der Waals surface area contributed by atoms with Crippen molar-refractivity contribution in [3.63, 3.8) is 0 Å². The van der Waals surface area contributed by atoms with Gasteiger partial charge in [-0.05, 0) is 61.8 Å². The van der Waals surface area contributed by atoms with Crippen LogP contribution in [0, 0.1) is 11.8 Å². The van der Waals surface area contributed by atoms with Gasteiger partial charge < -0.3 is 5.32 Å². The van der Waals surface area contributed by atoms with Crippen molar-refractivity contribution in [2.75, 3.05) is 6.54 Å². The predicted octanol–water partition coefficient (Wildman–Crippen LogP) is 4.30. The summed E-state index contributed by atoms with van der Waals surface area (Å²) in [6, 6.07) is 9.02. The molecular formula is C16H24ClN. The fraction of sp³-hybridized carbons (Fsp3) is 0.625. The quantitative estimate of drug-likeness (QED) is 0.856. The summed E-state index contributed by atoms with van der Waals surface area (Å²) >= 11 is 6.07. The minimum Gasteiger partial charge on any atom is -0.314 e. The zero-order valence-corrected chi connectivity index (χ0v) is 12.2. The molecule has 0 aliphatic heterocycles. The minimum absolute atomic E-state index is 0.685. The van der Waals surface area contributed by atoms with E-state index in [2.05, 4.69) is 37.4 Å². The second kappa shape index (κ2) is 6.58. The molecule has 18 heavy (non-hydrogen) atoms. The first-order chi connectivity index (χ1) is 8.69. The summed E-state index contributed by atoms with van der Waals surface area (Å²) in [6.45, 7) is 5.66. The van der Waals surface area contributed by atoms with Crippen LogP contribution in [0.3, 0.4) is 0 Å². The van der Waals surface area contributed by atoms with E-state index in [1.807, 2.05) is 6.07 Å². The van der Waals surface area contributed by atoms with Gasteiger partial charge in [-0.3, -0.25) is 0 Å². The first-order valence-electron chi connectivity index (χ1n) is 7.17. The molecule has 1 N–H and O–H groups in total. The van der Waals surface area contributed by atoms with Crippen molar-refractivity contribution in [2.45, 2.75) is 45.6 Å². The molecule has 3 atom stereocenters. The predicted molar refractivity (Wildman–Crippen MR) is 79.1 cm³/mol. The summed E-state index contributed by atoms with van der Waals surface area (Å²) in [4.78, 5) is 0. The zero-order chi connectivity index (χ0) is 13.0. The molecular weight excluding hydrogens is 242 g/mol. The van der Waals surface area contributed by atoms with Gasteiger partial charge in [-0.2, -0.15) is 0 Å². The summed E-state index contributed by atoms with van der Waals surface area (Å²) in [5.41, 5.74) is 1.38. The van der Waals surface area contributed by atoms with Crippen molar-refractivity contribution in [3.8, 4) is 0 Å². The Morgan fingerprint density at radius 2 is 2.17 bits per heavy atom. The molecule has 0 spiro atoms. The smallest absolute Gasteiger partial charge is 0.0408 e. The van der Waals surface area contributed by atoms with Crippen LogP contribution in [0.25, 0.3) is 0 Å². The highest BCUT2D eigenvalue weighted by Gasteiger charge is 2.27. The monoisotopic (exact) mass is 265 g/mol. The van der Waals surface area contributed by atoms with Crippen molar-refractivity contribution in [1.29, 1.82) is 0 Å². The van der Waals surface area contributed by atoms with Crippen LogP contribution in [0.5, 0.6) is 0 Å². The molecule has 1 aromatic carbocycles. The lowest BCUT2D eigenvalue weighted by molar-refractivity contribution is 0.214. The SMILES string of the molecule is CCNC1CCC(C)CC1Cc1cccc(Cl)c1. The third-order valence-electron chi connectivity index (χ3n) is 4.10. The van der Waals surface area contributed by atoms with Crippen LogP contribution in [0.15, 0.2) is 24.3 Å². The van der Waals surface area contributed by atoms with E-state index in [9.17, 15) is 0 Å². The number of benzene rings is 1.